The molecule has 1 atom stereocenters. The van der Waals surface area contributed by atoms with E-state index in [1.54, 1.807) is 11.8 Å². The molecule has 1 aliphatic rings. The monoisotopic (exact) mass is 331 g/mol. The van der Waals surface area contributed by atoms with Gasteiger partial charge in [-0.25, -0.2) is 0 Å². The van der Waals surface area contributed by atoms with E-state index in [1.807, 2.05) is 53.9 Å². The average molecular weight is 331 g/mol. The fraction of sp³-hybridized carbons (Fsp3) is 0.438. The third-order valence-corrected chi connectivity index (χ3v) is 5.23. The number of nitrogens with zero attached hydrogens (tertiary/aromatic N) is 4. The van der Waals surface area contributed by atoms with Gasteiger partial charge in [0.25, 0.3) is 0 Å². The first kappa shape index (κ1) is 16.0. The molecule has 2 heterocycles. The third kappa shape index (κ3) is 3.56. The molecule has 0 bridgehead atoms. The van der Waals surface area contributed by atoms with E-state index < -0.39 is 0 Å². The van der Waals surface area contributed by atoms with Gasteiger partial charge in [0, 0.05) is 31.5 Å². The van der Waals surface area contributed by atoms with Gasteiger partial charge in [0.05, 0.1) is 6.54 Å². The molecule has 2 aromatic rings. The summed E-state index contributed by atoms with van der Waals surface area (Å²) in [6.45, 7) is 1.48. The molecule has 1 saturated heterocycles. The number of thioether (sulfide) groups is 1. The predicted molar refractivity (Wildman–Crippen MR) is 91.4 cm³/mol. The van der Waals surface area contributed by atoms with Crippen molar-refractivity contribution in [3.8, 4) is 0 Å². The highest BCUT2D eigenvalue weighted by atomic mass is 32.2. The molecule has 0 radical (unpaired) electrons. The summed E-state index contributed by atoms with van der Waals surface area (Å²) in [5.74, 6) is 2.34. The van der Waals surface area contributed by atoms with Crippen LogP contribution in [0.25, 0.3) is 0 Å². The number of aromatic nitrogens is 3. The Hall–Kier alpha value is -1.86. The molecule has 0 spiro atoms. The quantitative estimate of drug-likeness (QED) is 0.816. The van der Waals surface area contributed by atoms with Crippen LogP contribution in [0.15, 0.2) is 35.5 Å². The Labute approximate surface area is 140 Å². The van der Waals surface area contributed by atoms with E-state index in [2.05, 4.69) is 15.5 Å². The number of anilines is 1. The van der Waals surface area contributed by atoms with Gasteiger partial charge in [-0.15, -0.1) is 10.2 Å². The van der Waals surface area contributed by atoms with Crippen LogP contribution in [0.1, 0.15) is 12.2 Å². The van der Waals surface area contributed by atoms with E-state index in [4.69, 9.17) is 0 Å². The van der Waals surface area contributed by atoms with Crippen molar-refractivity contribution in [2.45, 2.75) is 18.1 Å². The first-order valence-corrected chi connectivity index (χ1v) is 8.68. The molecule has 23 heavy (non-hydrogen) atoms. The number of hydrogen-bond donors (Lipinski definition) is 1. The lowest BCUT2D eigenvalue weighted by atomic mass is 10.1. The van der Waals surface area contributed by atoms with Crippen molar-refractivity contribution >= 4 is 23.4 Å². The Balaban J connectivity index is 1.59. The largest absolute Gasteiger partial charge is 0.313 e. The predicted octanol–water partition coefficient (Wildman–Crippen LogP) is 1.68. The SMILES string of the molecule is CNCc1nnc(SCC2CC(=O)N(c3ccccc3)C2)n1C. The summed E-state index contributed by atoms with van der Waals surface area (Å²) in [6.07, 6.45) is 0.600. The second-order valence-electron chi connectivity index (χ2n) is 5.71. The summed E-state index contributed by atoms with van der Waals surface area (Å²) < 4.78 is 2.01. The van der Waals surface area contributed by atoms with Crippen molar-refractivity contribution in [1.82, 2.24) is 20.1 Å². The fourth-order valence-corrected chi connectivity index (χ4v) is 3.73. The van der Waals surface area contributed by atoms with Gasteiger partial charge in [0.1, 0.15) is 5.82 Å². The summed E-state index contributed by atoms with van der Waals surface area (Å²) >= 11 is 1.67. The summed E-state index contributed by atoms with van der Waals surface area (Å²) in [4.78, 5) is 14.1. The van der Waals surface area contributed by atoms with Crippen LogP contribution < -0.4 is 10.2 Å². The van der Waals surface area contributed by atoms with Crippen LogP contribution in [0, 0.1) is 5.92 Å². The molecule has 1 fully saturated rings. The van der Waals surface area contributed by atoms with Crippen LogP contribution >= 0.6 is 11.8 Å². The number of amides is 1. The number of nitrogens with one attached hydrogen (secondary N) is 1. The van der Waals surface area contributed by atoms with Gasteiger partial charge in [-0.05, 0) is 25.1 Å². The molecule has 1 aromatic carbocycles. The van der Waals surface area contributed by atoms with Crippen LogP contribution in [0.5, 0.6) is 0 Å². The maximum Gasteiger partial charge on any atom is 0.227 e. The topological polar surface area (TPSA) is 63.1 Å². The van der Waals surface area contributed by atoms with Crippen LogP contribution in [-0.2, 0) is 18.4 Å². The second-order valence-corrected chi connectivity index (χ2v) is 6.70. The van der Waals surface area contributed by atoms with Gasteiger partial charge in [0.2, 0.25) is 5.91 Å². The highest BCUT2D eigenvalue weighted by Gasteiger charge is 2.30. The Morgan fingerprint density at radius 2 is 2.09 bits per heavy atom. The van der Waals surface area contributed by atoms with Gasteiger partial charge in [-0.1, -0.05) is 30.0 Å². The zero-order chi connectivity index (χ0) is 16.2. The minimum Gasteiger partial charge on any atom is -0.313 e. The lowest BCUT2D eigenvalue weighted by Crippen LogP contribution is -2.24. The molecule has 1 aliphatic heterocycles. The highest BCUT2D eigenvalue weighted by Crippen LogP contribution is 2.29. The molecule has 1 aromatic heterocycles. The molecule has 0 aliphatic carbocycles. The maximum absolute atomic E-state index is 12.2. The lowest BCUT2D eigenvalue weighted by molar-refractivity contribution is -0.117. The number of benzene rings is 1. The summed E-state index contributed by atoms with van der Waals surface area (Å²) in [6, 6.07) is 9.87. The van der Waals surface area contributed by atoms with E-state index in [0.717, 1.165) is 29.0 Å². The van der Waals surface area contributed by atoms with Crippen LogP contribution in [-0.4, -0.2) is 40.0 Å². The maximum atomic E-state index is 12.2. The number of hydrogen-bond acceptors (Lipinski definition) is 5. The van der Waals surface area contributed by atoms with Crippen LogP contribution in [0.4, 0.5) is 5.69 Å². The molecule has 7 heteroatoms. The summed E-state index contributed by atoms with van der Waals surface area (Å²) in [5, 5.41) is 12.4. The number of carbonyl (C=O) groups is 1. The minimum atomic E-state index is 0.204. The Morgan fingerprint density at radius 1 is 1.30 bits per heavy atom. The van der Waals surface area contributed by atoms with E-state index in [9.17, 15) is 4.79 Å². The third-order valence-electron chi connectivity index (χ3n) is 3.98. The Morgan fingerprint density at radius 3 is 2.83 bits per heavy atom. The van der Waals surface area contributed by atoms with E-state index in [0.29, 0.717) is 18.9 Å². The van der Waals surface area contributed by atoms with Gasteiger partial charge in [-0.3, -0.25) is 4.79 Å². The van der Waals surface area contributed by atoms with Crippen molar-refractivity contribution in [1.29, 1.82) is 0 Å². The van der Waals surface area contributed by atoms with Gasteiger partial charge in [0.15, 0.2) is 5.16 Å². The summed E-state index contributed by atoms with van der Waals surface area (Å²) in [7, 11) is 3.87. The second kappa shape index (κ2) is 7.14. The zero-order valence-electron chi connectivity index (χ0n) is 13.4. The Kier molecular flexibility index (Phi) is 4.97. The number of carbonyl (C=O) groups excluding carboxylic acids is 1. The molecule has 0 saturated carbocycles. The number of rotatable bonds is 6. The van der Waals surface area contributed by atoms with E-state index in [-0.39, 0.29) is 5.91 Å². The Bertz CT molecular complexity index is 672. The molecule has 1 amide bonds. The van der Waals surface area contributed by atoms with Crippen molar-refractivity contribution < 1.29 is 4.79 Å². The van der Waals surface area contributed by atoms with Crippen molar-refractivity contribution in [2.75, 3.05) is 24.2 Å². The molecule has 1 unspecified atom stereocenters. The van der Waals surface area contributed by atoms with E-state index >= 15 is 0 Å². The zero-order valence-corrected chi connectivity index (χ0v) is 14.2. The van der Waals surface area contributed by atoms with Crippen molar-refractivity contribution in [3.05, 3.63) is 36.2 Å². The molecular formula is C16H21N5OS. The smallest absolute Gasteiger partial charge is 0.227 e. The normalized spacial score (nSPS) is 17.9. The van der Waals surface area contributed by atoms with Crippen LogP contribution in [0.3, 0.4) is 0 Å². The fourth-order valence-electron chi connectivity index (χ4n) is 2.73. The highest BCUT2D eigenvalue weighted by molar-refractivity contribution is 7.99. The molecule has 1 N–H and O–H groups in total. The molecule has 122 valence electrons. The standard InChI is InChI=1S/C16H21N5OS/c1-17-9-14-18-19-16(20(14)2)23-11-12-8-15(22)21(10-12)13-6-4-3-5-7-13/h3-7,12,17H,8-11H2,1-2H3. The van der Waals surface area contributed by atoms with Gasteiger partial charge < -0.3 is 14.8 Å². The molecule has 3 rings (SSSR count). The molecule has 6 nitrogen and oxygen atoms in total. The summed E-state index contributed by atoms with van der Waals surface area (Å²) in [5.41, 5.74) is 0.986. The first-order valence-electron chi connectivity index (χ1n) is 7.70. The first-order chi connectivity index (χ1) is 11.2. The van der Waals surface area contributed by atoms with Gasteiger partial charge in [-0.2, -0.15) is 0 Å². The van der Waals surface area contributed by atoms with E-state index in [1.165, 1.54) is 0 Å². The lowest BCUT2D eigenvalue weighted by Gasteiger charge is -2.16. The van der Waals surface area contributed by atoms with Crippen molar-refractivity contribution in [2.24, 2.45) is 13.0 Å². The van der Waals surface area contributed by atoms with Gasteiger partial charge >= 0.3 is 0 Å². The van der Waals surface area contributed by atoms with Crippen LogP contribution in [0.2, 0.25) is 0 Å². The molecular weight excluding hydrogens is 310 g/mol. The minimum absolute atomic E-state index is 0.204. The number of para-hydroxylation sites is 1. The average Bonchev–Trinajstić information content (AvgIpc) is 3.10. The van der Waals surface area contributed by atoms with Crippen molar-refractivity contribution in [3.63, 3.8) is 0 Å².